The first-order valence-corrected chi connectivity index (χ1v) is 6.99. The third-order valence-electron chi connectivity index (χ3n) is 3.26. The molecule has 5 nitrogen and oxygen atoms in total. The van der Waals surface area contributed by atoms with E-state index in [-0.39, 0.29) is 11.4 Å². The average Bonchev–Trinajstić information content (AvgIpc) is 2.92. The Morgan fingerprint density at radius 1 is 1.21 bits per heavy atom. The summed E-state index contributed by atoms with van der Waals surface area (Å²) in [4.78, 5) is 23.9. The molecule has 1 aromatic carbocycles. The number of halogens is 3. The van der Waals surface area contributed by atoms with Gasteiger partial charge in [0.1, 0.15) is 5.69 Å². The van der Waals surface area contributed by atoms with Crippen molar-refractivity contribution < 1.29 is 27.5 Å². The smallest absolute Gasteiger partial charge is 0.416 e. The lowest BCUT2D eigenvalue weighted by Gasteiger charge is -2.14. The summed E-state index contributed by atoms with van der Waals surface area (Å²) in [7, 11) is 1.64. The Hall–Kier alpha value is -2.77. The number of amides is 1. The standard InChI is InChI=1S/C16H15F3N2O3/c1-10(24-15(23)13-7-4-8-21(13)2)14(22)20-12-6-3-5-11(9-12)16(17,18)19/h3-10H,1-2H3,(H,20,22)/t10-/m1/s1. The maximum absolute atomic E-state index is 12.6. The normalized spacial score (nSPS) is 12.5. The Morgan fingerprint density at radius 3 is 2.50 bits per heavy atom. The molecule has 0 unspecified atom stereocenters. The van der Waals surface area contributed by atoms with Crippen LogP contribution < -0.4 is 5.32 Å². The summed E-state index contributed by atoms with van der Waals surface area (Å²) < 4.78 is 44.5. The second-order valence-electron chi connectivity index (χ2n) is 5.12. The zero-order valence-electron chi connectivity index (χ0n) is 12.9. The minimum Gasteiger partial charge on any atom is -0.448 e. The van der Waals surface area contributed by atoms with Gasteiger partial charge in [0.05, 0.1) is 5.56 Å². The number of ether oxygens (including phenoxy) is 1. The molecule has 24 heavy (non-hydrogen) atoms. The van der Waals surface area contributed by atoms with Crippen molar-refractivity contribution in [3.05, 3.63) is 53.9 Å². The summed E-state index contributed by atoms with van der Waals surface area (Å²) in [6.45, 7) is 1.34. The van der Waals surface area contributed by atoms with E-state index in [1.54, 1.807) is 19.3 Å². The van der Waals surface area contributed by atoms with Gasteiger partial charge in [-0.3, -0.25) is 4.79 Å². The van der Waals surface area contributed by atoms with Gasteiger partial charge in [0.25, 0.3) is 5.91 Å². The van der Waals surface area contributed by atoms with Crippen molar-refractivity contribution in [1.82, 2.24) is 4.57 Å². The fourth-order valence-corrected chi connectivity index (χ4v) is 1.96. The zero-order valence-corrected chi connectivity index (χ0v) is 12.9. The minimum absolute atomic E-state index is 0.0309. The number of esters is 1. The lowest BCUT2D eigenvalue weighted by atomic mass is 10.2. The Morgan fingerprint density at radius 2 is 1.92 bits per heavy atom. The quantitative estimate of drug-likeness (QED) is 0.870. The van der Waals surface area contributed by atoms with Crippen LogP contribution in [0.15, 0.2) is 42.6 Å². The third kappa shape index (κ3) is 4.15. The highest BCUT2D eigenvalue weighted by molar-refractivity contribution is 5.96. The van der Waals surface area contributed by atoms with Crippen LogP contribution >= 0.6 is 0 Å². The van der Waals surface area contributed by atoms with E-state index in [9.17, 15) is 22.8 Å². The molecule has 2 rings (SSSR count). The van der Waals surface area contributed by atoms with Gasteiger partial charge in [0.15, 0.2) is 6.10 Å². The SMILES string of the molecule is C[C@@H](OC(=O)c1cccn1C)C(=O)Nc1cccc(C(F)(F)F)c1. The Bertz CT molecular complexity index is 753. The summed E-state index contributed by atoms with van der Waals surface area (Å²) in [5.74, 6) is -1.42. The van der Waals surface area contributed by atoms with E-state index < -0.39 is 29.7 Å². The molecule has 8 heteroatoms. The van der Waals surface area contributed by atoms with Crippen molar-refractivity contribution in [1.29, 1.82) is 0 Å². The molecule has 0 aliphatic carbocycles. The number of alkyl halides is 3. The number of nitrogens with zero attached hydrogens (tertiary/aromatic N) is 1. The number of carbonyl (C=O) groups is 2. The second kappa shape index (κ2) is 6.77. The van der Waals surface area contributed by atoms with Crippen LogP contribution in [0.5, 0.6) is 0 Å². The molecule has 0 bridgehead atoms. The second-order valence-corrected chi connectivity index (χ2v) is 5.12. The maximum atomic E-state index is 12.6. The van der Waals surface area contributed by atoms with Gasteiger partial charge in [-0.05, 0) is 37.3 Å². The molecular weight excluding hydrogens is 325 g/mol. The summed E-state index contributed by atoms with van der Waals surface area (Å²) >= 11 is 0. The van der Waals surface area contributed by atoms with E-state index >= 15 is 0 Å². The van der Waals surface area contributed by atoms with E-state index in [1.165, 1.54) is 29.7 Å². The molecule has 0 saturated heterocycles. The predicted octanol–water partition coefficient (Wildman–Crippen LogP) is 3.23. The Labute approximate surface area is 136 Å². The number of benzene rings is 1. The van der Waals surface area contributed by atoms with Crippen LogP contribution in [-0.2, 0) is 22.8 Å². The Kier molecular flexibility index (Phi) is 4.96. The summed E-state index contributed by atoms with van der Waals surface area (Å²) in [6.07, 6.45) is -4.03. The molecule has 0 radical (unpaired) electrons. The summed E-state index contributed by atoms with van der Waals surface area (Å²) in [5, 5.41) is 2.30. The first kappa shape index (κ1) is 17.6. The van der Waals surface area contributed by atoms with E-state index in [0.29, 0.717) is 0 Å². The largest absolute Gasteiger partial charge is 0.448 e. The number of hydrogen-bond acceptors (Lipinski definition) is 3. The molecule has 128 valence electrons. The van der Waals surface area contributed by atoms with E-state index in [0.717, 1.165) is 12.1 Å². The van der Waals surface area contributed by atoms with Gasteiger partial charge in [-0.2, -0.15) is 13.2 Å². The van der Waals surface area contributed by atoms with Gasteiger partial charge in [-0.1, -0.05) is 6.07 Å². The first-order valence-electron chi connectivity index (χ1n) is 6.99. The molecule has 2 aromatic rings. The monoisotopic (exact) mass is 340 g/mol. The number of anilines is 1. The highest BCUT2D eigenvalue weighted by Crippen LogP contribution is 2.30. The fraction of sp³-hybridized carbons (Fsp3) is 0.250. The lowest BCUT2D eigenvalue weighted by Crippen LogP contribution is -2.30. The van der Waals surface area contributed by atoms with Gasteiger partial charge >= 0.3 is 12.1 Å². The van der Waals surface area contributed by atoms with Crippen LogP contribution in [0.2, 0.25) is 0 Å². The van der Waals surface area contributed by atoms with Crippen molar-refractivity contribution in [2.24, 2.45) is 7.05 Å². The van der Waals surface area contributed by atoms with Crippen LogP contribution in [0.3, 0.4) is 0 Å². The molecule has 0 aliphatic rings. The van der Waals surface area contributed by atoms with Gasteiger partial charge in [0.2, 0.25) is 0 Å². The van der Waals surface area contributed by atoms with Crippen LogP contribution in [-0.4, -0.2) is 22.5 Å². The minimum atomic E-state index is -4.51. The number of carbonyl (C=O) groups excluding carboxylic acids is 2. The van der Waals surface area contributed by atoms with E-state index in [1.807, 2.05) is 0 Å². The third-order valence-corrected chi connectivity index (χ3v) is 3.26. The van der Waals surface area contributed by atoms with Crippen molar-refractivity contribution in [3.63, 3.8) is 0 Å². The number of hydrogen-bond donors (Lipinski definition) is 1. The molecule has 0 fully saturated rings. The van der Waals surface area contributed by atoms with Gasteiger partial charge < -0.3 is 14.6 Å². The lowest BCUT2D eigenvalue weighted by molar-refractivity contribution is -0.137. The van der Waals surface area contributed by atoms with E-state index in [2.05, 4.69) is 5.32 Å². The van der Waals surface area contributed by atoms with Crippen molar-refractivity contribution in [2.45, 2.75) is 19.2 Å². The van der Waals surface area contributed by atoms with Crippen molar-refractivity contribution >= 4 is 17.6 Å². The Balaban J connectivity index is 2.02. The van der Waals surface area contributed by atoms with Gasteiger partial charge in [-0.15, -0.1) is 0 Å². The predicted molar refractivity (Wildman–Crippen MR) is 80.4 cm³/mol. The van der Waals surface area contributed by atoms with Gasteiger partial charge in [0, 0.05) is 18.9 Å². The average molecular weight is 340 g/mol. The van der Waals surface area contributed by atoms with Crippen LogP contribution in [0.4, 0.5) is 18.9 Å². The molecule has 0 aliphatic heterocycles. The number of aromatic nitrogens is 1. The van der Waals surface area contributed by atoms with Crippen LogP contribution in [0, 0.1) is 0 Å². The fourth-order valence-electron chi connectivity index (χ4n) is 1.96. The summed E-state index contributed by atoms with van der Waals surface area (Å²) in [6, 6.07) is 7.37. The highest BCUT2D eigenvalue weighted by atomic mass is 19.4. The van der Waals surface area contributed by atoms with Crippen LogP contribution in [0.1, 0.15) is 23.0 Å². The number of aryl methyl sites for hydroxylation is 1. The molecule has 1 atom stereocenters. The van der Waals surface area contributed by atoms with E-state index in [4.69, 9.17) is 4.74 Å². The van der Waals surface area contributed by atoms with Gasteiger partial charge in [-0.25, -0.2) is 4.79 Å². The van der Waals surface area contributed by atoms with Crippen molar-refractivity contribution in [2.75, 3.05) is 5.32 Å². The first-order chi connectivity index (χ1) is 11.2. The van der Waals surface area contributed by atoms with Crippen molar-refractivity contribution in [3.8, 4) is 0 Å². The topological polar surface area (TPSA) is 60.3 Å². The zero-order chi connectivity index (χ0) is 17.9. The number of rotatable bonds is 4. The highest BCUT2D eigenvalue weighted by Gasteiger charge is 2.30. The molecule has 1 aromatic heterocycles. The molecule has 1 heterocycles. The molecule has 0 saturated carbocycles. The molecule has 0 spiro atoms. The summed E-state index contributed by atoms with van der Waals surface area (Å²) in [5.41, 5.74) is -0.654. The molecular formula is C16H15F3N2O3. The van der Waals surface area contributed by atoms with Crippen LogP contribution in [0.25, 0.3) is 0 Å². The molecule has 1 N–H and O–H groups in total. The number of nitrogens with one attached hydrogen (secondary N) is 1. The maximum Gasteiger partial charge on any atom is 0.416 e. The molecule has 1 amide bonds.